The van der Waals surface area contributed by atoms with Gasteiger partial charge in [0.25, 0.3) is 10.0 Å². The van der Waals surface area contributed by atoms with Crippen molar-refractivity contribution in [3.05, 3.63) is 42.0 Å². The number of anilines is 2. The fraction of sp³-hybridized carbons (Fsp3) is 0.474. The Kier molecular flexibility index (Phi) is 5.39. The zero-order chi connectivity index (χ0) is 19.7. The number of piperazine rings is 1. The lowest BCUT2D eigenvalue weighted by Gasteiger charge is -2.32. The minimum atomic E-state index is -3.69. The highest BCUT2D eigenvalue weighted by molar-refractivity contribution is 7.92. The third kappa shape index (κ3) is 4.75. The Labute approximate surface area is 161 Å². The van der Waals surface area contributed by atoms with E-state index in [4.69, 9.17) is 0 Å². The Morgan fingerprint density at radius 1 is 0.926 bits per heavy atom. The molecule has 0 aliphatic carbocycles. The zero-order valence-corrected chi connectivity index (χ0v) is 17.1. The van der Waals surface area contributed by atoms with Crippen LogP contribution in [0, 0.1) is 0 Å². The summed E-state index contributed by atoms with van der Waals surface area (Å²) in [6.45, 7) is 9.98. The Bertz CT molecular complexity index is 866. The maximum absolute atomic E-state index is 12.6. The molecule has 2 aromatic rings. The van der Waals surface area contributed by atoms with Gasteiger partial charge in [-0.05, 0) is 42.3 Å². The first kappa shape index (κ1) is 19.6. The molecule has 3 rings (SSSR count). The molecule has 1 aromatic heterocycles. The normalized spacial score (nSPS) is 16.4. The van der Waals surface area contributed by atoms with Gasteiger partial charge >= 0.3 is 0 Å². The van der Waals surface area contributed by atoms with E-state index in [1.165, 1.54) is 0 Å². The first-order valence-corrected chi connectivity index (χ1v) is 10.5. The molecule has 1 aliphatic heterocycles. The van der Waals surface area contributed by atoms with Crippen LogP contribution in [0.15, 0.2) is 41.3 Å². The van der Waals surface area contributed by atoms with E-state index in [0.717, 1.165) is 37.6 Å². The van der Waals surface area contributed by atoms with Crippen LogP contribution < -0.4 is 9.62 Å². The molecular weight excluding hydrogens is 362 g/mol. The molecule has 8 heteroatoms. The molecule has 0 atom stereocenters. The van der Waals surface area contributed by atoms with Gasteiger partial charge in [-0.25, -0.2) is 8.42 Å². The topological polar surface area (TPSA) is 78.4 Å². The van der Waals surface area contributed by atoms with E-state index in [2.05, 4.69) is 52.5 Å². The minimum absolute atomic E-state index is 0.0275. The summed E-state index contributed by atoms with van der Waals surface area (Å²) in [5.74, 6) is 0.980. The number of sulfonamides is 1. The molecule has 0 amide bonds. The van der Waals surface area contributed by atoms with Crippen molar-refractivity contribution >= 4 is 21.7 Å². The van der Waals surface area contributed by atoms with Crippen molar-refractivity contribution < 1.29 is 8.42 Å². The molecule has 0 saturated carbocycles. The van der Waals surface area contributed by atoms with E-state index in [1.807, 2.05) is 12.1 Å². The number of hydrogen-bond acceptors (Lipinski definition) is 6. The molecule has 1 N–H and O–H groups in total. The molecule has 0 spiro atoms. The van der Waals surface area contributed by atoms with E-state index >= 15 is 0 Å². The van der Waals surface area contributed by atoms with Gasteiger partial charge in [-0.15, -0.1) is 10.2 Å². The van der Waals surface area contributed by atoms with Gasteiger partial charge in [-0.3, -0.25) is 4.72 Å². The maximum Gasteiger partial charge on any atom is 0.263 e. The third-order valence-corrected chi connectivity index (χ3v) is 6.12. The Balaban J connectivity index is 1.70. The van der Waals surface area contributed by atoms with E-state index in [-0.39, 0.29) is 16.1 Å². The van der Waals surface area contributed by atoms with E-state index < -0.39 is 10.0 Å². The standard InChI is InChI=1S/C19H27N5O2S/c1-19(2,3)15-5-7-16(8-6-15)27(25,26)22-17-9-10-18(21-20-17)24-13-11-23(4)12-14-24/h5-10H,11-14H2,1-4H3,(H,20,22). The minimum Gasteiger partial charge on any atom is -0.353 e. The smallest absolute Gasteiger partial charge is 0.263 e. The molecule has 27 heavy (non-hydrogen) atoms. The second kappa shape index (κ2) is 7.44. The molecule has 0 unspecified atom stereocenters. The van der Waals surface area contributed by atoms with Gasteiger partial charge in [0.05, 0.1) is 4.90 Å². The SMILES string of the molecule is CN1CCN(c2ccc(NS(=O)(=O)c3ccc(C(C)(C)C)cc3)nn2)CC1. The average molecular weight is 390 g/mol. The highest BCUT2D eigenvalue weighted by Gasteiger charge is 2.19. The van der Waals surface area contributed by atoms with Crippen molar-refractivity contribution in [1.82, 2.24) is 15.1 Å². The summed E-state index contributed by atoms with van der Waals surface area (Å²) in [4.78, 5) is 4.62. The van der Waals surface area contributed by atoms with E-state index in [1.54, 1.807) is 24.3 Å². The Morgan fingerprint density at radius 2 is 1.56 bits per heavy atom. The summed E-state index contributed by atoms with van der Waals surface area (Å²) < 4.78 is 27.7. The fourth-order valence-electron chi connectivity index (χ4n) is 2.91. The number of rotatable bonds is 4. The van der Waals surface area contributed by atoms with Crippen LogP contribution in [0.4, 0.5) is 11.6 Å². The van der Waals surface area contributed by atoms with Crippen molar-refractivity contribution in [2.75, 3.05) is 42.8 Å². The summed E-state index contributed by atoms with van der Waals surface area (Å²) in [5, 5.41) is 8.23. The molecule has 0 bridgehead atoms. The van der Waals surface area contributed by atoms with Crippen LogP contribution in [-0.4, -0.2) is 56.7 Å². The van der Waals surface area contributed by atoms with Crippen molar-refractivity contribution in [3.8, 4) is 0 Å². The monoisotopic (exact) mass is 389 g/mol. The van der Waals surface area contributed by atoms with Crippen LogP contribution in [0.3, 0.4) is 0 Å². The third-order valence-electron chi connectivity index (χ3n) is 4.75. The van der Waals surface area contributed by atoms with Crippen LogP contribution >= 0.6 is 0 Å². The summed E-state index contributed by atoms with van der Waals surface area (Å²) >= 11 is 0. The first-order chi connectivity index (χ1) is 12.6. The number of benzene rings is 1. The lowest BCUT2D eigenvalue weighted by Crippen LogP contribution is -2.44. The molecule has 0 radical (unpaired) electrons. The summed E-state index contributed by atoms with van der Waals surface area (Å²) in [6.07, 6.45) is 0. The average Bonchev–Trinajstić information content (AvgIpc) is 2.62. The van der Waals surface area contributed by atoms with Crippen LogP contribution in [0.2, 0.25) is 0 Å². The second-order valence-corrected chi connectivity index (χ2v) is 9.63. The number of nitrogens with zero attached hydrogens (tertiary/aromatic N) is 4. The number of likely N-dealkylation sites (N-methyl/N-ethyl adjacent to an activating group) is 1. The number of aromatic nitrogens is 2. The molecule has 1 saturated heterocycles. The first-order valence-electron chi connectivity index (χ1n) is 9.06. The summed E-state index contributed by atoms with van der Waals surface area (Å²) in [7, 11) is -1.60. The van der Waals surface area contributed by atoms with Crippen molar-refractivity contribution in [3.63, 3.8) is 0 Å². The summed E-state index contributed by atoms with van der Waals surface area (Å²) in [5.41, 5.74) is 1.05. The Morgan fingerprint density at radius 3 is 2.07 bits per heavy atom. The quantitative estimate of drug-likeness (QED) is 0.865. The van der Waals surface area contributed by atoms with Gasteiger partial charge in [-0.1, -0.05) is 32.9 Å². The van der Waals surface area contributed by atoms with E-state index in [9.17, 15) is 8.42 Å². The maximum atomic E-state index is 12.6. The van der Waals surface area contributed by atoms with Gasteiger partial charge in [0.1, 0.15) is 0 Å². The highest BCUT2D eigenvalue weighted by atomic mass is 32.2. The van der Waals surface area contributed by atoms with Gasteiger partial charge in [0.15, 0.2) is 11.6 Å². The van der Waals surface area contributed by atoms with Crippen molar-refractivity contribution in [2.45, 2.75) is 31.1 Å². The molecule has 1 fully saturated rings. The van der Waals surface area contributed by atoms with Crippen LogP contribution in [0.5, 0.6) is 0 Å². The molecule has 1 aliphatic rings. The number of hydrogen-bond donors (Lipinski definition) is 1. The van der Waals surface area contributed by atoms with Gasteiger partial charge in [0.2, 0.25) is 0 Å². The van der Waals surface area contributed by atoms with Crippen LogP contribution in [-0.2, 0) is 15.4 Å². The molecule has 1 aromatic carbocycles. The summed E-state index contributed by atoms with van der Waals surface area (Å²) in [6, 6.07) is 10.4. The molecule has 7 nitrogen and oxygen atoms in total. The number of nitrogens with one attached hydrogen (secondary N) is 1. The van der Waals surface area contributed by atoms with Crippen molar-refractivity contribution in [2.24, 2.45) is 0 Å². The van der Waals surface area contributed by atoms with Crippen molar-refractivity contribution in [1.29, 1.82) is 0 Å². The van der Waals surface area contributed by atoms with Gasteiger partial charge in [0, 0.05) is 26.2 Å². The lowest BCUT2D eigenvalue weighted by atomic mass is 9.87. The van der Waals surface area contributed by atoms with Gasteiger partial charge in [-0.2, -0.15) is 0 Å². The van der Waals surface area contributed by atoms with E-state index in [0.29, 0.717) is 0 Å². The predicted molar refractivity (Wildman–Crippen MR) is 108 cm³/mol. The lowest BCUT2D eigenvalue weighted by molar-refractivity contribution is 0.312. The Hall–Kier alpha value is -2.19. The fourth-order valence-corrected chi connectivity index (χ4v) is 3.91. The predicted octanol–water partition coefficient (Wildman–Crippen LogP) is 2.33. The molecule has 146 valence electrons. The molecular formula is C19H27N5O2S. The van der Waals surface area contributed by atoms with Crippen LogP contribution in [0.25, 0.3) is 0 Å². The molecule has 2 heterocycles. The largest absolute Gasteiger partial charge is 0.353 e. The zero-order valence-electron chi connectivity index (χ0n) is 16.3. The van der Waals surface area contributed by atoms with Gasteiger partial charge < -0.3 is 9.80 Å². The van der Waals surface area contributed by atoms with Crippen LogP contribution in [0.1, 0.15) is 26.3 Å². The highest BCUT2D eigenvalue weighted by Crippen LogP contribution is 2.24. The second-order valence-electron chi connectivity index (χ2n) is 7.95.